The maximum atomic E-state index is 15.0. The molecule has 1 aliphatic carbocycles. The highest BCUT2D eigenvalue weighted by Gasteiger charge is 2.31. The van der Waals surface area contributed by atoms with Crippen LogP contribution in [-0.4, -0.2) is 26.6 Å². The first kappa shape index (κ1) is 20.0. The van der Waals surface area contributed by atoms with Crippen LogP contribution in [0.25, 0.3) is 38.4 Å². The van der Waals surface area contributed by atoms with Crippen molar-refractivity contribution >= 4 is 56.0 Å². The van der Waals surface area contributed by atoms with Gasteiger partial charge < -0.3 is 24.3 Å². The Bertz CT molecular complexity index is 1730. The van der Waals surface area contributed by atoms with Gasteiger partial charge in [0.1, 0.15) is 17.1 Å². The van der Waals surface area contributed by atoms with Gasteiger partial charge in [-0.15, -0.1) is 0 Å². The summed E-state index contributed by atoms with van der Waals surface area (Å²) in [5.74, 6) is -1.82. The Labute approximate surface area is 190 Å². The average molecular weight is 457 g/mol. The van der Waals surface area contributed by atoms with Crippen LogP contribution in [0.15, 0.2) is 63.8 Å². The topological polar surface area (TPSA) is 124 Å². The Balaban J connectivity index is 1.70. The minimum absolute atomic E-state index is 0.0711. The number of nitrogen functional groups attached to an aromatic ring is 1. The van der Waals surface area contributed by atoms with Gasteiger partial charge in [-0.3, -0.25) is 4.79 Å². The zero-order valence-corrected chi connectivity index (χ0v) is 17.5. The number of rotatable bonds is 4. The fraction of sp³-hybridized carbons (Fsp3) is 0.0800. The van der Waals surface area contributed by atoms with Crippen LogP contribution in [0, 0.1) is 5.82 Å². The molecule has 0 spiro atoms. The first-order valence-electron chi connectivity index (χ1n) is 10.4. The number of ketones is 1. The quantitative estimate of drug-likeness (QED) is 0.393. The second-order valence-electron chi connectivity index (χ2n) is 8.06. The highest BCUT2D eigenvalue weighted by Crippen LogP contribution is 2.40. The van der Waals surface area contributed by atoms with Gasteiger partial charge in [-0.25, -0.2) is 9.18 Å². The van der Waals surface area contributed by atoms with Gasteiger partial charge in [0.05, 0.1) is 27.9 Å². The van der Waals surface area contributed by atoms with Crippen molar-refractivity contribution in [3.8, 4) is 0 Å². The molecular weight excluding hydrogens is 441 g/mol. The molecule has 0 unspecified atom stereocenters. The summed E-state index contributed by atoms with van der Waals surface area (Å²) in [6, 6.07) is 7.93. The lowest BCUT2D eigenvalue weighted by molar-refractivity contribution is -0.113. The van der Waals surface area contributed by atoms with E-state index in [0.29, 0.717) is 27.4 Å². The average Bonchev–Trinajstić information content (AvgIpc) is 3.51. The standard InChI is InChI=1S/C25H16FN3O5/c26-16-10-17-21(23-13(16)7-8-33-23)20(14-3-1-2-4-18(14)30)22(25(31)32)29(17)11-12-5-6-19-15(9-12)24(27)28-34-19/h1-3,5-10H,4,11H2,(H2,27,28)(H,31,32). The summed E-state index contributed by atoms with van der Waals surface area (Å²) < 4.78 is 27.2. The van der Waals surface area contributed by atoms with Gasteiger partial charge >= 0.3 is 5.97 Å². The van der Waals surface area contributed by atoms with Crippen molar-refractivity contribution in [3.63, 3.8) is 0 Å². The van der Waals surface area contributed by atoms with E-state index in [0.717, 1.165) is 0 Å². The molecule has 1 aliphatic rings. The number of aromatic nitrogens is 2. The van der Waals surface area contributed by atoms with Crippen LogP contribution in [0.2, 0.25) is 0 Å². The fourth-order valence-electron chi connectivity index (χ4n) is 4.60. The third kappa shape index (κ3) is 2.80. The van der Waals surface area contributed by atoms with Crippen LogP contribution in [0.3, 0.4) is 0 Å². The molecule has 0 saturated carbocycles. The summed E-state index contributed by atoms with van der Waals surface area (Å²) in [6.07, 6.45) is 6.47. The molecule has 0 fully saturated rings. The van der Waals surface area contributed by atoms with E-state index in [2.05, 4.69) is 5.16 Å². The predicted molar refractivity (Wildman–Crippen MR) is 123 cm³/mol. The SMILES string of the molecule is Nc1noc2ccc(Cn3c(C(=O)O)c(C4=CC=CCC4=O)c4c5occc5c(F)cc43)cc12. The molecule has 6 rings (SSSR count). The summed E-state index contributed by atoms with van der Waals surface area (Å²) in [4.78, 5) is 25.4. The predicted octanol–water partition coefficient (Wildman–Crippen LogP) is 4.91. The number of carboxylic acid groups (broad SMARTS) is 1. The molecule has 0 radical (unpaired) electrons. The fourth-order valence-corrected chi connectivity index (χ4v) is 4.60. The number of nitrogens with two attached hydrogens (primary N) is 1. The molecule has 3 N–H and O–H groups in total. The molecule has 0 bridgehead atoms. The first-order valence-corrected chi connectivity index (χ1v) is 10.4. The number of fused-ring (bicyclic) bond motifs is 4. The smallest absolute Gasteiger partial charge is 0.353 e. The number of furan rings is 1. The molecule has 8 nitrogen and oxygen atoms in total. The van der Waals surface area contributed by atoms with Gasteiger partial charge in [-0.2, -0.15) is 0 Å². The molecule has 0 atom stereocenters. The molecule has 3 heterocycles. The van der Waals surface area contributed by atoms with Crippen LogP contribution in [-0.2, 0) is 11.3 Å². The molecule has 0 amide bonds. The summed E-state index contributed by atoms with van der Waals surface area (Å²) in [5, 5.41) is 15.2. The maximum absolute atomic E-state index is 15.0. The molecule has 0 saturated heterocycles. The number of hydrogen-bond acceptors (Lipinski definition) is 6. The highest BCUT2D eigenvalue weighted by atomic mass is 19.1. The van der Waals surface area contributed by atoms with Gasteiger partial charge in [-0.05, 0) is 29.8 Å². The van der Waals surface area contributed by atoms with Crippen LogP contribution in [0.4, 0.5) is 10.2 Å². The number of carboxylic acids is 1. The second kappa shape index (κ2) is 7.17. The van der Waals surface area contributed by atoms with Gasteiger partial charge in [-0.1, -0.05) is 29.5 Å². The van der Waals surface area contributed by atoms with E-state index in [-0.39, 0.29) is 52.4 Å². The molecule has 168 valence electrons. The third-order valence-electron chi connectivity index (χ3n) is 6.09. The monoisotopic (exact) mass is 457 g/mol. The van der Waals surface area contributed by atoms with Crippen molar-refractivity contribution in [1.29, 1.82) is 0 Å². The minimum atomic E-state index is -1.25. The Morgan fingerprint density at radius 3 is 2.88 bits per heavy atom. The van der Waals surface area contributed by atoms with E-state index in [1.54, 1.807) is 36.4 Å². The van der Waals surface area contributed by atoms with Gasteiger partial charge in [0.25, 0.3) is 0 Å². The van der Waals surface area contributed by atoms with Crippen molar-refractivity contribution < 1.29 is 28.0 Å². The number of hydrogen-bond donors (Lipinski definition) is 2. The van der Waals surface area contributed by atoms with E-state index >= 15 is 0 Å². The zero-order valence-electron chi connectivity index (χ0n) is 17.5. The normalized spacial score (nSPS) is 13.9. The summed E-state index contributed by atoms with van der Waals surface area (Å²) in [5.41, 5.74) is 7.87. The van der Waals surface area contributed by atoms with Crippen LogP contribution in [0.1, 0.15) is 28.0 Å². The first-order chi connectivity index (χ1) is 16.4. The van der Waals surface area contributed by atoms with Crippen molar-refractivity contribution in [2.45, 2.75) is 13.0 Å². The number of aromatic carboxylic acids is 1. The lowest BCUT2D eigenvalue weighted by Crippen LogP contribution is -2.13. The molecule has 2 aromatic carbocycles. The van der Waals surface area contributed by atoms with Crippen molar-refractivity contribution in [1.82, 2.24) is 9.72 Å². The van der Waals surface area contributed by atoms with Gasteiger partial charge in [0.15, 0.2) is 17.2 Å². The number of carbonyl (C=O) groups excluding carboxylic acids is 1. The molecule has 34 heavy (non-hydrogen) atoms. The lowest BCUT2D eigenvalue weighted by Gasteiger charge is -2.11. The Morgan fingerprint density at radius 1 is 1.24 bits per heavy atom. The molecular formula is C25H16FN3O5. The summed E-state index contributed by atoms with van der Waals surface area (Å²) in [7, 11) is 0. The van der Waals surface area contributed by atoms with E-state index < -0.39 is 11.8 Å². The number of halogens is 1. The Morgan fingerprint density at radius 2 is 2.09 bits per heavy atom. The maximum Gasteiger partial charge on any atom is 0.353 e. The van der Waals surface area contributed by atoms with Gasteiger partial charge in [0.2, 0.25) is 0 Å². The van der Waals surface area contributed by atoms with Crippen LogP contribution >= 0.6 is 0 Å². The van der Waals surface area contributed by atoms with Crippen LogP contribution in [0.5, 0.6) is 0 Å². The van der Waals surface area contributed by atoms with Crippen molar-refractivity contribution in [2.24, 2.45) is 0 Å². The zero-order chi connectivity index (χ0) is 23.6. The minimum Gasteiger partial charge on any atom is -0.477 e. The number of carbonyl (C=O) groups is 2. The number of benzene rings is 2. The van der Waals surface area contributed by atoms with Crippen molar-refractivity contribution in [2.75, 3.05) is 5.73 Å². The van der Waals surface area contributed by atoms with Crippen molar-refractivity contribution in [3.05, 3.63) is 77.5 Å². The van der Waals surface area contributed by atoms with Gasteiger partial charge in [0, 0.05) is 24.1 Å². The third-order valence-corrected chi connectivity index (χ3v) is 6.09. The molecule has 0 aliphatic heterocycles. The number of Topliss-reactive ketones (excluding diaryl/α,β-unsaturated/α-hetero) is 1. The molecule has 3 aromatic heterocycles. The second-order valence-corrected chi connectivity index (χ2v) is 8.06. The Hall–Kier alpha value is -4.66. The molecule has 9 heteroatoms. The van der Waals surface area contributed by atoms with Crippen LogP contribution < -0.4 is 5.73 Å². The number of nitrogens with zero attached hydrogens (tertiary/aromatic N) is 2. The highest BCUT2D eigenvalue weighted by molar-refractivity contribution is 6.29. The summed E-state index contributed by atoms with van der Waals surface area (Å²) >= 11 is 0. The summed E-state index contributed by atoms with van der Waals surface area (Å²) in [6.45, 7) is 0.0711. The number of anilines is 1. The van der Waals surface area contributed by atoms with E-state index in [1.165, 1.54) is 23.0 Å². The van der Waals surface area contributed by atoms with E-state index in [1.807, 2.05) is 0 Å². The Kier molecular flexibility index (Phi) is 4.22. The van der Waals surface area contributed by atoms with E-state index in [9.17, 15) is 19.1 Å². The number of allylic oxidation sites excluding steroid dienone is 4. The lowest BCUT2D eigenvalue weighted by atomic mass is 9.93. The van der Waals surface area contributed by atoms with E-state index in [4.69, 9.17) is 14.7 Å². The molecule has 5 aromatic rings. The largest absolute Gasteiger partial charge is 0.477 e.